The Hall–Kier alpha value is -1.73. The van der Waals surface area contributed by atoms with Crippen LogP contribution in [0.15, 0.2) is 16.5 Å². The average molecular weight is 377 g/mol. The molecule has 6 nitrogen and oxygen atoms in total. The highest BCUT2D eigenvalue weighted by atomic mass is 32.1. The standard InChI is InChI=1S/C19H25N3O3S/c1-13-16-9-12-26-17(16)22(20-13,15-5-3-2-4-6-15)19(25)21-10-7-14(8-11-21)18(23)24/h9,12,14-15H,2-8,10-11H2,1H3/p+1. The number of amides is 2. The lowest BCUT2D eigenvalue weighted by Crippen LogP contribution is -2.62. The van der Waals surface area contributed by atoms with Crippen LogP contribution >= 0.6 is 11.3 Å². The first-order valence-electron chi connectivity index (χ1n) is 9.60. The molecule has 1 saturated heterocycles. The van der Waals surface area contributed by atoms with E-state index >= 15 is 0 Å². The monoisotopic (exact) mass is 376 g/mol. The van der Waals surface area contributed by atoms with Crippen LogP contribution in [0.5, 0.6) is 0 Å². The molecule has 2 aliphatic heterocycles. The van der Waals surface area contributed by atoms with Crippen LogP contribution in [0.4, 0.5) is 9.80 Å². The van der Waals surface area contributed by atoms with E-state index in [-0.39, 0.29) is 22.6 Å². The lowest BCUT2D eigenvalue weighted by molar-refractivity contribution is -0.143. The summed E-state index contributed by atoms with van der Waals surface area (Å²) in [5, 5.41) is 17.3. The number of nitrogens with zero attached hydrogens (tertiary/aromatic N) is 3. The number of thiophene rings is 1. The summed E-state index contributed by atoms with van der Waals surface area (Å²) in [6, 6.07) is 2.32. The predicted molar refractivity (Wildman–Crippen MR) is 103 cm³/mol. The van der Waals surface area contributed by atoms with E-state index in [2.05, 4.69) is 11.4 Å². The van der Waals surface area contributed by atoms with Gasteiger partial charge in [-0.05, 0) is 44.1 Å². The number of carboxylic acids is 1. The van der Waals surface area contributed by atoms with Crippen LogP contribution in [-0.4, -0.2) is 46.8 Å². The van der Waals surface area contributed by atoms with Crippen molar-refractivity contribution in [2.75, 3.05) is 13.1 Å². The van der Waals surface area contributed by atoms with Crippen LogP contribution in [-0.2, 0) is 4.79 Å². The SMILES string of the molecule is CC1=N[N+](C(=O)N2CCC(C(=O)O)CC2)(C2CCCCC2)c2sccc21. The highest BCUT2D eigenvalue weighted by Crippen LogP contribution is 2.46. The molecule has 26 heavy (non-hydrogen) atoms. The normalized spacial score (nSPS) is 27.3. The maximum Gasteiger partial charge on any atom is 0.451 e. The van der Waals surface area contributed by atoms with E-state index in [9.17, 15) is 14.7 Å². The van der Waals surface area contributed by atoms with Crippen molar-refractivity contribution in [2.24, 2.45) is 11.0 Å². The first kappa shape index (κ1) is 17.7. The van der Waals surface area contributed by atoms with Gasteiger partial charge < -0.3 is 5.11 Å². The topological polar surface area (TPSA) is 70.0 Å². The molecule has 140 valence electrons. The van der Waals surface area contributed by atoms with E-state index < -0.39 is 5.97 Å². The van der Waals surface area contributed by atoms with Gasteiger partial charge in [0.1, 0.15) is 11.8 Å². The lowest BCUT2D eigenvalue weighted by atomic mass is 9.93. The van der Waals surface area contributed by atoms with Crippen LogP contribution in [0.3, 0.4) is 0 Å². The first-order chi connectivity index (χ1) is 12.5. The van der Waals surface area contributed by atoms with Gasteiger partial charge in [0.25, 0.3) is 0 Å². The maximum atomic E-state index is 13.8. The summed E-state index contributed by atoms with van der Waals surface area (Å²) in [5.41, 5.74) is 2.05. The van der Waals surface area contributed by atoms with Crippen LogP contribution < -0.4 is 4.59 Å². The largest absolute Gasteiger partial charge is 0.481 e. The summed E-state index contributed by atoms with van der Waals surface area (Å²) >= 11 is 1.63. The minimum atomic E-state index is -0.746. The molecule has 0 bridgehead atoms. The number of carbonyl (C=O) groups is 2. The van der Waals surface area contributed by atoms with E-state index in [1.807, 2.05) is 11.8 Å². The quantitative estimate of drug-likeness (QED) is 0.792. The molecule has 1 N–H and O–H groups in total. The van der Waals surface area contributed by atoms with Crippen molar-refractivity contribution >= 4 is 34.0 Å². The van der Waals surface area contributed by atoms with Gasteiger partial charge in [-0.15, -0.1) is 0 Å². The molecule has 1 saturated carbocycles. The third-order valence-electron chi connectivity index (χ3n) is 6.16. The van der Waals surface area contributed by atoms with Crippen molar-refractivity contribution in [1.82, 2.24) is 9.49 Å². The fraction of sp³-hybridized carbons (Fsp3) is 0.632. The molecule has 1 atom stereocenters. The number of carboxylic acid groups (broad SMARTS) is 1. The third-order valence-corrected chi connectivity index (χ3v) is 7.16. The molecular weight excluding hydrogens is 350 g/mol. The van der Waals surface area contributed by atoms with Gasteiger partial charge in [0, 0.05) is 25.9 Å². The maximum absolute atomic E-state index is 13.8. The van der Waals surface area contributed by atoms with Gasteiger partial charge in [0.05, 0.1) is 11.5 Å². The molecule has 7 heteroatoms. The Kier molecular flexibility index (Phi) is 4.61. The predicted octanol–water partition coefficient (Wildman–Crippen LogP) is 4.04. The van der Waals surface area contributed by atoms with Crippen molar-refractivity contribution in [2.45, 2.75) is 57.9 Å². The summed E-state index contributed by atoms with van der Waals surface area (Å²) in [6.07, 6.45) is 6.63. The van der Waals surface area contributed by atoms with Gasteiger partial charge in [-0.2, -0.15) is 0 Å². The number of rotatable bonds is 2. The summed E-state index contributed by atoms with van der Waals surface area (Å²) in [4.78, 5) is 26.9. The average Bonchev–Trinajstić information content (AvgIpc) is 3.25. The van der Waals surface area contributed by atoms with Crippen molar-refractivity contribution in [1.29, 1.82) is 0 Å². The van der Waals surface area contributed by atoms with Gasteiger partial charge in [0.15, 0.2) is 0 Å². The molecule has 1 aromatic rings. The fourth-order valence-electron chi connectivity index (χ4n) is 4.70. The molecule has 1 aliphatic carbocycles. The molecule has 0 spiro atoms. The molecule has 3 heterocycles. The van der Waals surface area contributed by atoms with E-state index in [4.69, 9.17) is 5.10 Å². The number of piperidine rings is 1. The molecule has 3 aliphatic rings. The minimum Gasteiger partial charge on any atom is -0.481 e. The Morgan fingerprint density at radius 2 is 1.88 bits per heavy atom. The third kappa shape index (κ3) is 2.68. The molecule has 0 aromatic carbocycles. The van der Waals surface area contributed by atoms with Gasteiger partial charge >= 0.3 is 12.0 Å². The molecule has 0 radical (unpaired) electrons. The molecule has 1 aromatic heterocycles. The van der Waals surface area contributed by atoms with E-state index in [0.29, 0.717) is 25.9 Å². The lowest BCUT2D eigenvalue weighted by Gasteiger charge is -2.39. The minimum absolute atomic E-state index is 0.0429. The number of urea groups is 1. The Morgan fingerprint density at radius 1 is 1.19 bits per heavy atom. The number of aliphatic carboxylic acids is 1. The fourth-order valence-corrected chi connectivity index (χ4v) is 5.80. The summed E-state index contributed by atoms with van der Waals surface area (Å²) in [6.45, 7) is 3.02. The van der Waals surface area contributed by atoms with E-state index in [1.54, 1.807) is 11.3 Å². The molecular formula is C19H26N3O3S+. The van der Waals surface area contributed by atoms with Crippen molar-refractivity contribution in [3.05, 3.63) is 17.0 Å². The summed E-state index contributed by atoms with van der Waals surface area (Å²) in [5.74, 6) is -1.08. The second kappa shape index (κ2) is 6.78. The number of likely N-dealkylation sites (tertiary alicyclic amines) is 1. The Labute approximate surface area is 157 Å². The van der Waals surface area contributed by atoms with Crippen LogP contribution in [0, 0.1) is 5.92 Å². The van der Waals surface area contributed by atoms with Gasteiger partial charge in [-0.1, -0.05) is 27.5 Å². The highest BCUT2D eigenvalue weighted by Gasteiger charge is 2.56. The van der Waals surface area contributed by atoms with E-state index in [1.165, 1.54) is 6.42 Å². The number of carbonyl (C=O) groups excluding carboxylic acids is 1. The van der Waals surface area contributed by atoms with Gasteiger partial charge in [-0.25, -0.2) is 4.79 Å². The zero-order valence-electron chi connectivity index (χ0n) is 15.2. The van der Waals surface area contributed by atoms with Crippen molar-refractivity contribution in [3.63, 3.8) is 0 Å². The number of quaternary nitrogens is 1. The Bertz CT molecular complexity index is 745. The Balaban J connectivity index is 1.67. The highest BCUT2D eigenvalue weighted by molar-refractivity contribution is 7.14. The number of fused-ring (bicyclic) bond motifs is 1. The van der Waals surface area contributed by atoms with Crippen molar-refractivity contribution in [3.8, 4) is 0 Å². The first-order valence-corrected chi connectivity index (χ1v) is 10.5. The van der Waals surface area contributed by atoms with Gasteiger partial charge in [0.2, 0.25) is 5.00 Å². The van der Waals surface area contributed by atoms with E-state index in [0.717, 1.165) is 42.0 Å². The van der Waals surface area contributed by atoms with Crippen LogP contribution in [0.25, 0.3) is 0 Å². The molecule has 1 unspecified atom stereocenters. The summed E-state index contributed by atoms with van der Waals surface area (Å²) < 4.78 is 0.0938. The summed E-state index contributed by atoms with van der Waals surface area (Å²) in [7, 11) is 0. The Morgan fingerprint density at radius 3 is 2.54 bits per heavy atom. The van der Waals surface area contributed by atoms with Crippen molar-refractivity contribution < 1.29 is 14.7 Å². The zero-order chi connectivity index (χ0) is 18.3. The number of hydrogen-bond donors (Lipinski definition) is 1. The second-order valence-corrected chi connectivity index (χ2v) is 8.58. The second-order valence-electron chi connectivity index (χ2n) is 7.68. The van der Waals surface area contributed by atoms with Gasteiger partial charge in [-0.3, -0.25) is 9.69 Å². The molecule has 2 fully saturated rings. The molecule has 2 amide bonds. The zero-order valence-corrected chi connectivity index (χ0v) is 16.0. The van der Waals surface area contributed by atoms with Crippen LogP contribution in [0.1, 0.15) is 57.4 Å². The van der Waals surface area contributed by atoms with Crippen LogP contribution in [0.2, 0.25) is 0 Å². The molecule has 4 rings (SSSR count). The number of hydrogen-bond acceptors (Lipinski definition) is 4. The smallest absolute Gasteiger partial charge is 0.451 e.